The standard InChI is InChI=1S/C12H20O4/c1-4-5-8-16-12(15)7-6-11(9(2)13)10(3)14/h13H,4-8H2,1-3H3/b11-9+. The van der Waals surface area contributed by atoms with Gasteiger partial charge in [0, 0.05) is 12.0 Å². The lowest BCUT2D eigenvalue weighted by Gasteiger charge is -2.06. The van der Waals surface area contributed by atoms with Crippen LogP contribution in [0, 0.1) is 0 Å². The van der Waals surface area contributed by atoms with Crippen LogP contribution in [-0.2, 0) is 14.3 Å². The Morgan fingerprint density at radius 2 is 1.81 bits per heavy atom. The van der Waals surface area contributed by atoms with E-state index in [-0.39, 0.29) is 30.4 Å². The monoisotopic (exact) mass is 228 g/mol. The zero-order chi connectivity index (χ0) is 12.6. The van der Waals surface area contributed by atoms with E-state index in [0.29, 0.717) is 12.2 Å². The molecule has 4 nitrogen and oxygen atoms in total. The van der Waals surface area contributed by atoms with Crippen LogP contribution in [0.15, 0.2) is 11.3 Å². The second-order valence-corrected chi connectivity index (χ2v) is 3.69. The number of aliphatic hydroxyl groups is 1. The highest BCUT2D eigenvalue weighted by atomic mass is 16.5. The first-order valence-corrected chi connectivity index (χ1v) is 5.54. The maximum absolute atomic E-state index is 11.2. The number of carbonyl (C=O) groups is 2. The molecule has 0 aromatic rings. The number of carbonyl (C=O) groups excluding carboxylic acids is 2. The Labute approximate surface area is 96.3 Å². The first-order valence-electron chi connectivity index (χ1n) is 5.54. The number of esters is 1. The molecule has 0 aromatic carbocycles. The summed E-state index contributed by atoms with van der Waals surface area (Å²) in [5.74, 6) is -0.552. The quantitative estimate of drug-likeness (QED) is 0.315. The van der Waals surface area contributed by atoms with Gasteiger partial charge in [0.2, 0.25) is 0 Å². The fraction of sp³-hybridized carbons (Fsp3) is 0.667. The lowest BCUT2D eigenvalue weighted by molar-refractivity contribution is -0.143. The van der Waals surface area contributed by atoms with Crippen molar-refractivity contribution >= 4 is 11.8 Å². The Kier molecular flexibility index (Phi) is 7.25. The number of aliphatic hydroxyl groups excluding tert-OH is 1. The third kappa shape index (κ3) is 6.22. The molecule has 4 heteroatoms. The minimum absolute atomic E-state index is 0.0196. The first kappa shape index (κ1) is 14.7. The summed E-state index contributed by atoms with van der Waals surface area (Å²) >= 11 is 0. The van der Waals surface area contributed by atoms with Gasteiger partial charge in [0.15, 0.2) is 5.78 Å². The summed E-state index contributed by atoms with van der Waals surface area (Å²) in [7, 11) is 0. The number of unbranched alkanes of at least 4 members (excludes halogenated alkanes) is 1. The van der Waals surface area contributed by atoms with E-state index in [0.717, 1.165) is 12.8 Å². The van der Waals surface area contributed by atoms with Gasteiger partial charge in [-0.2, -0.15) is 0 Å². The van der Waals surface area contributed by atoms with Gasteiger partial charge >= 0.3 is 5.97 Å². The average molecular weight is 228 g/mol. The summed E-state index contributed by atoms with van der Waals surface area (Å²) < 4.78 is 4.94. The normalized spacial score (nSPS) is 11.9. The van der Waals surface area contributed by atoms with E-state index < -0.39 is 0 Å². The SMILES string of the molecule is CCCCOC(=O)CC/C(C(C)=O)=C(/C)O. The number of allylic oxidation sites excluding steroid dienone is 2. The van der Waals surface area contributed by atoms with Crippen molar-refractivity contribution in [3.8, 4) is 0 Å². The highest BCUT2D eigenvalue weighted by molar-refractivity contribution is 5.94. The predicted molar refractivity (Wildman–Crippen MR) is 61.1 cm³/mol. The number of ketones is 1. The first-order chi connectivity index (χ1) is 7.49. The van der Waals surface area contributed by atoms with Gasteiger partial charge in [0.25, 0.3) is 0 Å². The molecule has 0 radical (unpaired) electrons. The van der Waals surface area contributed by atoms with Gasteiger partial charge < -0.3 is 9.84 Å². The van der Waals surface area contributed by atoms with Crippen LogP contribution in [0.5, 0.6) is 0 Å². The maximum Gasteiger partial charge on any atom is 0.306 e. The minimum Gasteiger partial charge on any atom is -0.512 e. The summed E-state index contributed by atoms with van der Waals surface area (Å²) in [4.78, 5) is 22.3. The fourth-order valence-corrected chi connectivity index (χ4v) is 1.24. The molecule has 0 aromatic heterocycles. The van der Waals surface area contributed by atoms with Gasteiger partial charge in [-0.3, -0.25) is 9.59 Å². The van der Waals surface area contributed by atoms with Crippen molar-refractivity contribution in [1.29, 1.82) is 0 Å². The van der Waals surface area contributed by atoms with E-state index in [9.17, 15) is 14.7 Å². The third-order valence-electron chi connectivity index (χ3n) is 2.20. The lowest BCUT2D eigenvalue weighted by atomic mass is 10.1. The summed E-state index contributed by atoms with van der Waals surface area (Å²) in [6.45, 7) is 5.25. The van der Waals surface area contributed by atoms with Gasteiger partial charge in [-0.25, -0.2) is 0 Å². The third-order valence-corrected chi connectivity index (χ3v) is 2.20. The summed E-state index contributed by atoms with van der Waals surface area (Å²) in [6.07, 6.45) is 2.20. The zero-order valence-electron chi connectivity index (χ0n) is 10.2. The Morgan fingerprint density at radius 3 is 2.25 bits per heavy atom. The van der Waals surface area contributed by atoms with Crippen LogP contribution >= 0.6 is 0 Å². The minimum atomic E-state index is -0.326. The highest BCUT2D eigenvalue weighted by Crippen LogP contribution is 2.11. The van der Waals surface area contributed by atoms with Crippen molar-refractivity contribution in [2.45, 2.75) is 46.5 Å². The van der Waals surface area contributed by atoms with Crippen molar-refractivity contribution in [2.75, 3.05) is 6.61 Å². The molecule has 0 saturated heterocycles. The van der Waals surface area contributed by atoms with Crippen molar-refractivity contribution in [1.82, 2.24) is 0 Å². The largest absolute Gasteiger partial charge is 0.512 e. The smallest absolute Gasteiger partial charge is 0.306 e. The molecule has 0 unspecified atom stereocenters. The molecule has 1 N–H and O–H groups in total. The second-order valence-electron chi connectivity index (χ2n) is 3.69. The van der Waals surface area contributed by atoms with Crippen LogP contribution in [0.25, 0.3) is 0 Å². The molecular weight excluding hydrogens is 208 g/mol. The molecule has 0 spiro atoms. The number of hydrogen-bond acceptors (Lipinski definition) is 4. The van der Waals surface area contributed by atoms with Crippen LogP contribution in [-0.4, -0.2) is 23.5 Å². The van der Waals surface area contributed by atoms with E-state index in [1.807, 2.05) is 6.92 Å². The van der Waals surface area contributed by atoms with Crippen molar-refractivity contribution in [2.24, 2.45) is 0 Å². The molecule has 0 saturated carbocycles. The Balaban J connectivity index is 3.99. The Hall–Kier alpha value is -1.32. The molecule has 0 aliphatic carbocycles. The van der Waals surface area contributed by atoms with Gasteiger partial charge in [0.05, 0.1) is 12.4 Å². The van der Waals surface area contributed by atoms with Gasteiger partial charge in [-0.1, -0.05) is 13.3 Å². The average Bonchev–Trinajstić information content (AvgIpc) is 2.17. The highest BCUT2D eigenvalue weighted by Gasteiger charge is 2.11. The maximum atomic E-state index is 11.2. The van der Waals surface area contributed by atoms with Crippen LogP contribution in [0.1, 0.15) is 46.5 Å². The van der Waals surface area contributed by atoms with Crippen molar-refractivity contribution in [3.63, 3.8) is 0 Å². The van der Waals surface area contributed by atoms with E-state index >= 15 is 0 Å². The zero-order valence-corrected chi connectivity index (χ0v) is 10.2. The Morgan fingerprint density at radius 1 is 1.19 bits per heavy atom. The Bertz CT molecular complexity index is 275. The van der Waals surface area contributed by atoms with E-state index in [1.54, 1.807) is 0 Å². The number of ether oxygens (including phenoxy) is 1. The van der Waals surface area contributed by atoms with Crippen LogP contribution < -0.4 is 0 Å². The van der Waals surface area contributed by atoms with E-state index in [1.165, 1.54) is 13.8 Å². The molecule has 0 bridgehead atoms. The molecule has 92 valence electrons. The predicted octanol–water partition coefficient (Wildman–Crippen LogP) is 2.53. The molecule has 0 atom stereocenters. The molecule has 0 aliphatic heterocycles. The molecule has 0 rings (SSSR count). The fourth-order valence-electron chi connectivity index (χ4n) is 1.24. The molecule has 0 amide bonds. The second kappa shape index (κ2) is 7.91. The molecule has 16 heavy (non-hydrogen) atoms. The summed E-state index contributed by atoms with van der Waals surface area (Å²) in [6, 6.07) is 0. The van der Waals surface area contributed by atoms with Crippen molar-refractivity contribution in [3.05, 3.63) is 11.3 Å². The summed E-state index contributed by atoms with van der Waals surface area (Å²) in [5.41, 5.74) is 0.299. The van der Waals surface area contributed by atoms with Crippen LogP contribution in [0.2, 0.25) is 0 Å². The number of rotatable bonds is 7. The van der Waals surface area contributed by atoms with E-state index in [4.69, 9.17) is 4.74 Å². The molecular formula is C12H20O4. The van der Waals surface area contributed by atoms with Gasteiger partial charge in [-0.15, -0.1) is 0 Å². The van der Waals surface area contributed by atoms with Gasteiger partial charge in [0.1, 0.15) is 0 Å². The molecule has 0 heterocycles. The molecule has 0 fully saturated rings. The number of Topliss-reactive ketones (excluding diaryl/α,β-unsaturated/α-hetero) is 1. The van der Waals surface area contributed by atoms with Crippen LogP contribution in [0.4, 0.5) is 0 Å². The molecule has 0 aliphatic rings. The summed E-state index contributed by atoms with van der Waals surface area (Å²) in [5, 5.41) is 9.22. The van der Waals surface area contributed by atoms with E-state index in [2.05, 4.69) is 0 Å². The van der Waals surface area contributed by atoms with Crippen molar-refractivity contribution < 1.29 is 19.4 Å². The lowest BCUT2D eigenvalue weighted by Crippen LogP contribution is -2.08. The number of hydrogen-bond donors (Lipinski definition) is 1. The van der Waals surface area contributed by atoms with Gasteiger partial charge in [-0.05, 0) is 26.7 Å². The van der Waals surface area contributed by atoms with Crippen LogP contribution in [0.3, 0.4) is 0 Å². The topological polar surface area (TPSA) is 63.6 Å².